The fourth-order valence-electron chi connectivity index (χ4n) is 3.02. The summed E-state index contributed by atoms with van der Waals surface area (Å²) in [6.45, 7) is 2.11. The molecule has 0 spiro atoms. The van der Waals surface area contributed by atoms with E-state index in [1.807, 2.05) is 60.7 Å². The molecule has 0 amide bonds. The molecule has 0 fully saturated rings. The molecule has 5 nitrogen and oxygen atoms in total. The number of sulfonamides is 1. The minimum atomic E-state index is -3.46. The van der Waals surface area contributed by atoms with E-state index in [2.05, 4.69) is 11.9 Å². The Kier molecular flexibility index (Phi) is 6.09. The van der Waals surface area contributed by atoms with Crippen LogP contribution in [-0.2, 0) is 16.4 Å². The van der Waals surface area contributed by atoms with E-state index in [4.69, 9.17) is 4.98 Å². The maximum Gasteiger partial charge on any atom is 0.233 e. The SMILES string of the molecule is CCCCc1c(-c2ccccc2)nc(-c2ccccc2)nc1N(C)S(C)(=O)=O. The van der Waals surface area contributed by atoms with Gasteiger partial charge in [0.2, 0.25) is 10.0 Å². The molecule has 0 bridgehead atoms. The van der Waals surface area contributed by atoms with Crippen LogP contribution >= 0.6 is 0 Å². The van der Waals surface area contributed by atoms with E-state index in [1.54, 1.807) is 7.05 Å². The molecule has 3 rings (SSSR count). The molecule has 0 aliphatic carbocycles. The molecule has 1 aromatic heterocycles. The maximum atomic E-state index is 12.3. The fraction of sp³-hybridized carbons (Fsp3) is 0.273. The summed E-state index contributed by atoms with van der Waals surface area (Å²) in [7, 11) is -1.91. The number of hydrogen-bond acceptors (Lipinski definition) is 4. The Morgan fingerprint density at radius 3 is 2.00 bits per heavy atom. The first kappa shape index (κ1) is 20.0. The zero-order chi connectivity index (χ0) is 20.1. The molecule has 0 aliphatic rings. The lowest BCUT2D eigenvalue weighted by Crippen LogP contribution is -2.27. The second kappa shape index (κ2) is 8.52. The summed E-state index contributed by atoms with van der Waals surface area (Å²) in [4.78, 5) is 9.54. The second-order valence-corrected chi connectivity index (χ2v) is 8.78. The molecule has 0 atom stereocenters. The average molecular weight is 396 g/mol. The van der Waals surface area contributed by atoms with Crippen molar-refractivity contribution in [1.29, 1.82) is 0 Å². The Morgan fingerprint density at radius 1 is 0.893 bits per heavy atom. The fourth-order valence-corrected chi connectivity index (χ4v) is 3.49. The molecule has 2 aromatic carbocycles. The van der Waals surface area contributed by atoms with Gasteiger partial charge < -0.3 is 0 Å². The smallest absolute Gasteiger partial charge is 0.233 e. The van der Waals surface area contributed by atoms with Gasteiger partial charge in [0, 0.05) is 23.7 Å². The molecule has 28 heavy (non-hydrogen) atoms. The first-order valence-electron chi connectivity index (χ1n) is 9.37. The van der Waals surface area contributed by atoms with Crippen molar-refractivity contribution in [3.8, 4) is 22.6 Å². The summed E-state index contributed by atoms with van der Waals surface area (Å²) < 4.78 is 25.9. The predicted molar refractivity (Wildman–Crippen MR) is 115 cm³/mol. The van der Waals surface area contributed by atoms with Crippen LogP contribution in [0.5, 0.6) is 0 Å². The van der Waals surface area contributed by atoms with Gasteiger partial charge in [-0.1, -0.05) is 74.0 Å². The van der Waals surface area contributed by atoms with E-state index in [9.17, 15) is 8.42 Å². The monoisotopic (exact) mass is 395 g/mol. The summed E-state index contributed by atoms with van der Waals surface area (Å²) in [5.41, 5.74) is 3.45. The molecule has 0 radical (unpaired) electrons. The molecule has 6 heteroatoms. The van der Waals surface area contributed by atoms with E-state index >= 15 is 0 Å². The highest BCUT2D eigenvalue weighted by Gasteiger charge is 2.23. The van der Waals surface area contributed by atoms with E-state index in [0.29, 0.717) is 18.1 Å². The first-order valence-corrected chi connectivity index (χ1v) is 11.2. The summed E-state index contributed by atoms with van der Waals surface area (Å²) in [6.07, 6.45) is 3.84. The summed E-state index contributed by atoms with van der Waals surface area (Å²) in [5, 5.41) is 0. The lowest BCUT2D eigenvalue weighted by atomic mass is 10.0. The van der Waals surface area contributed by atoms with Crippen LogP contribution in [0.4, 0.5) is 5.82 Å². The van der Waals surface area contributed by atoms with E-state index in [-0.39, 0.29) is 0 Å². The third kappa shape index (κ3) is 4.39. The highest BCUT2D eigenvalue weighted by molar-refractivity contribution is 7.92. The van der Waals surface area contributed by atoms with Crippen molar-refractivity contribution in [3.63, 3.8) is 0 Å². The Hall–Kier alpha value is -2.73. The van der Waals surface area contributed by atoms with Gasteiger partial charge in [0.15, 0.2) is 5.82 Å². The zero-order valence-corrected chi connectivity index (χ0v) is 17.3. The summed E-state index contributed by atoms with van der Waals surface area (Å²) in [6, 6.07) is 19.5. The van der Waals surface area contributed by atoms with Gasteiger partial charge in [-0.25, -0.2) is 18.4 Å². The summed E-state index contributed by atoms with van der Waals surface area (Å²) >= 11 is 0. The number of aromatic nitrogens is 2. The molecular formula is C22H25N3O2S. The third-order valence-corrected chi connectivity index (χ3v) is 5.81. The van der Waals surface area contributed by atoms with Gasteiger partial charge in [0.05, 0.1) is 11.9 Å². The maximum absolute atomic E-state index is 12.3. The topological polar surface area (TPSA) is 63.2 Å². The molecule has 0 saturated heterocycles. The normalized spacial score (nSPS) is 11.4. The van der Waals surface area contributed by atoms with Crippen molar-refractivity contribution in [3.05, 3.63) is 66.2 Å². The van der Waals surface area contributed by atoms with Crippen molar-refractivity contribution < 1.29 is 8.42 Å². The Bertz CT molecular complexity index is 1040. The van der Waals surface area contributed by atoms with Crippen LogP contribution in [0.15, 0.2) is 60.7 Å². The lowest BCUT2D eigenvalue weighted by molar-refractivity contribution is 0.599. The molecule has 0 aliphatic heterocycles. The minimum Gasteiger partial charge on any atom is -0.257 e. The second-order valence-electron chi connectivity index (χ2n) is 6.76. The van der Waals surface area contributed by atoms with Crippen molar-refractivity contribution in [2.45, 2.75) is 26.2 Å². The van der Waals surface area contributed by atoms with E-state index in [1.165, 1.54) is 10.6 Å². The minimum absolute atomic E-state index is 0.448. The lowest BCUT2D eigenvalue weighted by Gasteiger charge is -2.22. The number of unbranched alkanes of at least 4 members (excludes halogenated alkanes) is 1. The molecule has 0 saturated carbocycles. The van der Waals surface area contributed by atoms with Gasteiger partial charge in [0.25, 0.3) is 0 Å². The van der Waals surface area contributed by atoms with Crippen LogP contribution < -0.4 is 4.31 Å². The third-order valence-electron chi connectivity index (χ3n) is 4.64. The number of benzene rings is 2. The van der Waals surface area contributed by atoms with Crippen LogP contribution in [0, 0.1) is 0 Å². The number of anilines is 1. The van der Waals surface area contributed by atoms with E-state index in [0.717, 1.165) is 35.2 Å². The van der Waals surface area contributed by atoms with Crippen molar-refractivity contribution in [2.75, 3.05) is 17.6 Å². The Labute approximate surface area is 167 Å². The van der Waals surface area contributed by atoms with Crippen molar-refractivity contribution in [2.24, 2.45) is 0 Å². The van der Waals surface area contributed by atoms with Gasteiger partial charge in [-0.15, -0.1) is 0 Å². The predicted octanol–water partition coefficient (Wildman–Crippen LogP) is 4.55. The van der Waals surface area contributed by atoms with Crippen LogP contribution in [0.3, 0.4) is 0 Å². The van der Waals surface area contributed by atoms with Gasteiger partial charge in [-0.05, 0) is 12.8 Å². The van der Waals surface area contributed by atoms with Crippen molar-refractivity contribution in [1.82, 2.24) is 9.97 Å². The Morgan fingerprint density at radius 2 is 1.46 bits per heavy atom. The van der Waals surface area contributed by atoms with Gasteiger partial charge in [-0.3, -0.25) is 4.31 Å². The van der Waals surface area contributed by atoms with Gasteiger partial charge >= 0.3 is 0 Å². The van der Waals surface area contributed by atoms with Gasteiger partial charge in [0.1, 0.15) is 5.82 Å². The van der Waals surface area contributed by atoms with E-state index < -0.39 is 10.0 Å². The first-order chi connectivity index (χ1) is 13.4. The molecule has 0 unspecified atom stereocenters. The summed E-state index contributed by atoms with van der Waals surface area (Å²) in [5.74, 6) is 0.967. The highest BCUT2D eigenvalue weighted by Crippen LogP contribution is 2.33. The average Bonchev–Trinajstić information content (AvgIpc) is 2.71. The number of hydrogen-bond donors (Lipinski definition) is 0. The highest BCUT2D eigenvalue weighted by atomic mass is 32.2. The van der Waals surface area contributed by atoms with Gasteiger partial charge in [-0.2, -0.15) is 0 Å². The molecule has 146 valence electrons. The molecular weight excluding hydrogens is 370 g/mol. The van der Waals surface area contributed by atoms with Crippen LogP contribution in [0.1, 0.15) is 25.3 Å². The van der Waals surface area contributed by atoms with Crippen molar-refractivity contribution >= 4 is 15.8 Å². The number of nitrogens with zero attached hydrogens (tertiary/aromatic N) is 3. The quantitative estimate of drug-likeness (QED) is 0.589. The largest absolute Gasteiger partial charge is 0.257 e. The van der Waals surface area contributed by atoms with Crippen LogP contribution in [-0.4, -0.2) is 31.7 Å². The standard InChI is InChI=1S/C22H25N3O2S/c1-4-5-16-19-20(17-12-8-6-9-13-17)23-21(18-14-10-7-11-15-18)24-22(19)25(2)28(3,26)27/h6-15H,4-5,16H2,1-3H3. The van der Waals surface area contributed by atoms with Crippen LogP contribution in [0.2, 0.25) is 0 Å². The molecule has 1 heterocycles. The molecule has 0 N–H and O–H groups in total. The van der Waals surface area contributed by atoms with Crippen LogP contribution in [0.25, 0.3) is 22.6 Å². The molecule has 3 aromatic rings. The number of rotatable bonds is 7. The zero-order valence-electron chi connectivity index (χ0n) is 16.5. The Balaban J connectivity index is 2.31.